The van der Waals surface area contributed by atoms with Gasteiger partial charge in [0.15, 0.2) is 5.13 Å². The van der Waals surface area contributed by atoms with Gasteiger partial charge < -0.3 is 20.1 Å². The minimum Gasteiger partial charge on any atom is -0.392 e. The molecule has 6 atom stereocenters. The summed E-state index contributed by atoms with van der Waals surface area (Å²) in [6.07, 6.45) is 2.18. The zero-order chi connectivity index (χ0) is 24.0. The maximum Gasteiger partial charge on any atom is 0.225 e. The molecular formula is C26H34FN3O3S. The summed E-state index contributed by atoms with van der Waals surface area (Å²) in [5.74, 6) is -0.235. The van der Waals surface area contributed by atoms with Gasteiger partial charge in [0.05, 0.1) is 25.0 Å². The minimum absolute atomic E-state index is 0.0241. The fraction of sp³-hybridized carbons (Fsp3) is 0.615. The van der Waals surface area contributed by atoms with Gasteiger partial charge >= 0.3 is 0 Å². The molecule has 0 spiro atoms. The summed E-state index contributed by atoms with van der Waals surface area (Å²) >= 11 is 1.65. The molecule has 3 aliphatic rings. The zero-order valence-corrected chi connectivity index (χ0v) is 20.9. The number of nitrogens with one attached hydrogen (secondary N) is 1. The number of rotatable bonds is 4. The Hall–Kier alpha value is -2.03. The van der Waals surface area contributed by atoms with Crippen LogP contribution in [0.25, 0.3) is 0 Å². The number of nitrogens with zero attached hydrogens (tertiary/aromatic N) is 2. The number of carbonyl (C=O) groups excluding carboxylic acids is 1. The summed E-state index contributed by atoms with van der Waals surface area (Å²) in [5.41, 5.74) is 1.83. The molecule has 1 aliphatic heterocycles. The molecule has 1 saturated carbocycles. The van der Waals surface area contributed by atoms with Crippen LogP contribution in [0, 0.1) is 29.0 Å². The third-order valence-corrected chi connectivity index (χ3v) is 9.36. The predicted molar refractivity (Wildman–Crippen MR) is 131 cm³/mol. The maximum absolute atomic E-state index is 13.3. The summed E-state index contributed by atoms with van der Waals surface area (Å²) < 4.78 is 18.7. The molecule has 1 amide bonds. The fourth-order valence-corrected chi connectivity index (χ4v) is 7.80. The van der Waals surface area contributed by atoms with E-state index in [1.807, 2.05) is 11.8 Å². The Bertz CT molecular complexity index is 1040. The first-order valence-electron chi connectivity index (χ1n) is 12.3. The molecule has 0 bridgehead atoms. The van der Waals surface area contributed by atoms with Crippen molar-refractivity contribution in [3.63, 3.8) is 0 Å². The van der Waals surface area contributed by atoms with E-state index < -0.39 is 6.10 Å². The second-order valence-electron chi connectivity index (χ2n) is 10.5. The number of benzene rings is 1. The lowest BCUT2D eigenvalue weighted by atomic mass is 9.53. The van der Waals surface area contributed by atoms with Gasteiger partial charge in [0.25, 0.3) is 0 Å². The van der Waals surface area contributed by atoms with Crippen LogP contribution >= 0.6 is 11.3 Å². The Labute approximate surface area is 204 Å². The molecule has 2 heterocycles. The molecule has 8 heteroatoms. The van der Waals surface area contributed by atoms with Crippen molar-refractivity contribution in [3.05, 3.63) is 40.7 Å². The van der Waals surface area contributed by atoms with E-state index in [4.69, 9.17) is 9.72 Å². The van der Waals surface area contributed by atoms with Gasteiger partial charge in [-0.3, -0.25) is 4.79 Å². The molecule has 6 nitrogen and oxygen atoms in total. The number of anilines is 2. The molecule has 1 aromatic carbocycles. The zero-order valence-electron chi connectivity index (χ0n) is 20.1. The molecule has 2 aromatic rings. The van der Waals surface area contributed by atoms with E-state index in [0.717, 1.165) is 35.8 Å². The SMILES string of the molecule is CC(C(=O)N1CCOCC1)C1CCC2(C)Cc3sc(Nc4ccc(F)cc4)nc3C(C)C2C1O. The lowest BCUT2D eigenvalue weighted by Gasteiger charge is -2.53. The van der Waals surface area contributed by atoms with Crippen LogP contribution in [0.5, 0.6) is 0 Å². The topological polar surface area (TPSA) is 74.7 Å². The van der Waals surface area contributed by atoms with Crippen LogP contribution in [0.2, 0.25) is 0 Å². The number of ether oxygens (including phenoxy) is 1. The van der Waals surface area contributed by atoms with Crippen molar-refractivity contribution >= 4 is 28.1 Å². The van der Waals surface area contributed by atoms with E-state index in [1.54, 1.807) is 23.5 Å². The number of thiazole rings is 1. The second kappa shape index (κ2) is 9.21. The summed E-state index contributed by atoms with van der Waals surface area (Å²) in [4.78, 5) is 21.2. The molecule has 2 fully saturated rings. The molecule has 1 saturated heterocycles. The van der Waals surface area contributed by atoms with Gasteiger partial charge in [-0.25, -0.2) is 9.37 Å². The number of hydrogen-bond donors (Lipinski definition) is 2. The Morgan fingerprint density at radius 1 is 1.32 bits per heavy atom. The quantitative estimate of drug-likeness (QED) is 0.661. The highest BCUT2D eigenvalue weighted by Gasteiger charge is 2.54. The predicted octanol–water partition coefficient (Wildman–Crippen LogP) is 4.57. The fourth-order valence-electron chi connectivity index (χ4n) is 6.51. The van der Waals surface area contributed by atoms with Gasteiger partial charge in [-0.2, -0.15) is 0 Å². The van der Waals surface area contributed by atoms with Gasteiger partial charge in [-0.1, -0.05) is 20.8 Å². The summed E-state index contributed by atoms with van der Waals surface area (Å²) in [5, 5.41) is 15.7. The monoisotopic (exact) mass is 487 g/mol. The molecule has 2 aliphatic carbocycles. The third-order valence-electron chi connectivity index (χ3n) is 8.37. The van der Waals surface area contributed by atoms with E-state index in [0.29, 0.717) is 26.3 Å². The van der Waals surface area contributed by atoms with Crippen molar-refractivity contribution < 1.29 is 19.0 Å². The van der Waals surface area contributed by atoms with Crippen LogP contribution in [0.3, 0.4) is 0 Å². The summed E-state index contributed by atoms with van der Waals surface area (Å²) in [6, 6.07) is 6.29. The van der Waals surface area contributed by atoms with E-state index in [-0.39, 0.29) is 40.8 Å². The first-order valence-corrected chi connectivity index (χ1v) is 13.2. The standard InChI is InChI=1S/C26H34FN3O3S/c1-15(24(32)30-10-12-33-13-11-30)19-8-9-26(3)14-20-22(16(2)21(26)23(19)31)29-25(34-20)28-18-6-4-17(27)5-7-18/h4-7,15-16,19,21,23,31H,8-14H2,1-3H3,(H,28,29). The summed E-state index contributed by atoms with van der Waals surface area (Å²) in [6.45, 7) is 8.89. The van der Waals surface area contributed by atoms with Gasteiger partial charge in [0.1, 0.15) is 5.82 Å². The lowest BCUT2D eigenvalue weighted by Crippen LogP contribution is -2.54. The first-order chi connectivity index (χ1) is 16.3. The van der Waals surface area contributed by atoms with Crippen molar-refractivity contribution in [2.75, 3.05) is 31.6 Å². The summed E-state index contributed by atoms with van der Waals surface area (Å²) in [7, 11) is 0. The smallest absolute Gasteiger partial charge is 0.225 e. The van der Waals surface area contributed by atoms with Gasteiger partial charge in [0.2, 0.25) is 5.91 Å². The molecule has 1 aromatic heterocycles. The molecule has 5 rings (SSSR count). The van der Waals surface area contributed by atoms with Crippen LogP contribution in [-0.2, 0) is 16.0 Å². The van der Waals surface area contributed by atoms with Gasteiger partial charge in [0, 0.05) is 35.5 Å². The number of fused-ring (bicyclic) bond motifs is 2. The molecule has 6 unspecified atom stereocenters. The highest BCUT2D eigenvalue weighted by molar-refractivity contribution is 7.15. The molecule has 2 N–H and O–H groups in total. The van der Waals surface area contributed by atoms with Crippen molar-refractivity contribution in [1.82, 2.24) is 9.88 Å². The van der Waals surface area contributed by atoms with Gasteiger partial charge in [-0.15, -0.1) is 11.3 Å². The number of hydrogen-bond acceptors (Lipinski definition) is 6. The number of aliphatic hydroxyl groups excluding tert-OH is 1. The van der Waals surface area contributed by atoms with E-state index >= 15 is 0 Å². The van der Waals surface area contributed by atoms with Crippen molar-refractivity contribution in [3.8, 4) is 0 Å². The highest BCUT2D eigenvalue weighted by atomic mass is 32.1. The van der Waals surface area contributed by atoms with E-state index in [2.05, 4.69) is 19.2 Å². The minimum atomic E-state index is -0.544. The largest absolute Gasteiger partial charge is 0.392 e. The van der Waals surface area contributed by atoms with Crippen molar-refractivity contribution in [1.29, 1.82) is 0 Å². The van der Waals surface area contributed by atoms with Crippen LogP contribution in [0.4, 0.5) is 15.2 Å². The average Bonchev–Trinajstić information content (AvgIpc) is 3.22. The maximum atomic E-state index is 13.3. The second-order valence-corrected chi connectivity index (χ2v) is 11.6. The Morgan fingerprint density at radius 3 is 2.74 bits per heavy atom. The van der Waals surface area contributed by atoms with E-state index in [9.17, 15) is 14.3 Å². The Kier molecular flexibility index (Phi) is 6.42. The van der Waals surface area contributed by atoms with Crippen LogP contribution in [0.1, 0.15) is 50.1 Å². The highest BCUT2D eigenvalue weighted by Crippen LogP contribution is 2.57. The molecule has 184 valence electrons. The molecule has 0 radical (unpaired) electrons. The Morgan fingerprint density at radius 2 is 2.03 bits per heavy atom. The average molecular weight is 488 g/mol. The molecular weight excluding hydrogens is 453 g/mol. The number of aliphatic hydroxyl groups is 1. The Balaban J connectivity index is 1.35. The van der Waals surface area contributed by atoms with Crippen LogP contribution in [-0.4, -0.2) is 53.3 Å². The third kappa shape index (κ3) is 4.25. The first kappa shape index (κ1) is 23.7. The van der Waals surface area contributed by atoms with Crippen LogP contribution in [0.15, 0.2) is 24.3 Å². The number of halogens is 1. The number of aromatic nitrogens is 1. The van der Waals surface area contributed by atoms with Crippen molar-refractivity contribution in [2.45, 2.75) is 52.1 Å². The number of amides is 1. The number of carbonyl (C=O) groups is 1. The van der Waals surface area contributed by atoms with Crippen LogP contribution < -0.4 is 5.32 Å². The van der Waals surface area contributed by atoms with Crippen molar-refractivity contribution in [2.24, 2.45) is 23.2 Å². The normalized spacial score (nSPS) is 32.0. The van der Waals surface area contributed by atoms with E-state index in [1.165, 1.54) is 17.0 Å². The molecule has 34 heavy (non-hydrogen) atoms. The lowest BCUT2D eigenvalue weighted by molar-refractivity contribution is -0.148. The van der Waals surface area contributed by atoms with Gasteiger partial charge in [-0.05, 0) is 60.8 Å². The number of morpholine rings is 1.